The zero-order chi connectivity index (χ0) is 13.9. The first kappa shape index (κ1) is 14.4. The van der Waals surface area contributed by atoms with Gasteiger partial charge in [0, 0.05) is 20.5 Å². The van der Waals surface area contributed by atoms with E-state index in [4.69, 9.17) is 0 Å². The minimum absolute atomic E-state index is 0.0607. The van der Waals surface area contributed by atoms with Gasteiger partial charge in [-0.15, -0.1) is 0 Å². The molecule has 0 heterocycles. The average Bonchev–Trinajstić information content (AvgIpc) is 2.23. The Morgan fingerprint density at radius 1 is 1.39 bits per heavy atom. The maximum absolute atomic E-state index is 13.2. The van der Waals surface area contributed by atoms with Gasteiger partial charge in [-0.2, -0.15) is 13.2 Å². The molecule has 0 bridgehead atoms. The molecule has 0 aliphatic heterocycles. The van der Waals surface area contributed by atoms with Gasteiger partial charge in [0.2, 0.25) is 5.91 Å². The van der Waals surface area contributed by atoms with E-state index in [0.29, 0.717) is 11.6 Å². The van der Waals surface area contributed by atoms with Crippen molar-refractivity contribution in [2.75, 3.05) is 7.05 Å². The van der Waals surface area contributed by atoms with Crippen LogP contribution in [0.1, 0.15) is 18.1 Å². The normalized spacial score (nSPS) is 11.4. The third-order valence-corrected chi connectivity index (χ3v) is 2.33. The van der Waals surface area contributed by atoms with E-state index >= 15 is 0 Å². The third-order valence-electron chi connectivity index (χ3n) is 2.33. The number of hydrogen-bond donors (Lipinski definition) is 1. The molecule has 0 aliphatic carbocycles. The number of carbonyl (C=O) groups is 1. The van der Waals surface area contributed by atoms with E-state index in [0.717, 1.165) is 17.1 Å². The molecule has 7 heteroatoms. The van der Waals surface area contributed by atoms with E-state index in [1.54, 1.807) is 0 Å². The molecule has 0 spiro atoms. The molecule has 1 aromatic rings. The van der Waals surface area contributed by atoms with Crippen LogP contribution in [0.2, 0.25) is 0 Å². The highest BCUT2D eigenvalue weighted by atomic mass is 19.4. The van der Waals surface area contributed by atoms with Crippen molar-refractivity contribution in [1.82, 2.24) is 10.4 Å². The standard InChI is InChI=1S/C11H12F4N2O/c1-7(18)17(2)16-6-8-3-4-9(10(12)5-8)11(13,14)15/h3-5,16H,6H2,1-2H3. The van der Waals surface area contributed by atoms with E-state index in [2.05, 4.69) is 5.43 Å². The summed E-state index contributed by atoms with van der Waals surface area (Å²) in [6.45, 7) is 1.38. The molecule has 0 atom stereocenters. The number of amides is 1. The van der Waals surface area contributed by atoms with Crippen molar-refractivity contribution in [2.24, 2.45) is 0 Å². The van der Waals surface area contributed by atoms with Gasteiger partial charge in [0.25, 0.3) is 0 Å². The van der Waals surface area contributed by atoms with E-state index in [1.807, 2.05) is 0 Å². The van der Waals surface area contributed by atoms with Gasteiger partial charge in [-0.05, 0) is 17.7 Å². The number of nitrogens with zero attached hydrogens (tertiary/aromatic N) is 1. The van der Waals surface area contributed by atoms with Gasteiger partial charge in [0.15, 0.2) is 0 Å². The molecule has 0 saturated carbocycles. The van der Waals surface area contributed by atoms with Gasteiger partial charge in [-0.1, -0.05) is 6.07 Å². The zero-order valence-corrected chi connectivity index (χ0v) is 9.81. The van der Waals surface area contributed by atoms with Crippen LogP contribution >= 0.6 is 0 Å². The second kappa shape index (κ2) is 5.34. The lowest BCUT2D eigenvalue weighted by Crippen LogP contribution is -2.37. The molecule has 0 aromatic heterocycles. The van der Waals surface area contributed by atoms with Crippen LogP contribution in [0.4, 0.5) is 17.6 Å². The molecule has 1 rings (SSSR count). The summed E-state index contributed by atoms with van der Waals surface area (Å²) >= 11 is 0. The van der Waals surface area contributed by atoms with Gasteiger partial charge in [-0.25, -0.2) is 9.82 Å². The number of rotatable bonds is 3. The Kier molecular flexibility index (Phi) is 4.28. The Morgan fingerprint density at radius 3 is 2.44 bits per heavy atom. The molecule has 100 valence electrons. The fourth-order valence-electron chi connectivity index (χ4n) is 1.22. The largest absolute Gasteiger partial charge is 0.419 e. The number of carbonyl (C=O) groups excluding carboxylic acids is 1. The summed E-state index contributed by atoms with van der Waals surface area (Å²) < 4.78 is 50.1. The topological polar surface area (TPSA) is 32.3 Å². The van der Waals surface area contributed by atoms with Crippen LogP contribution in [0.5, 0.6) is 0 Å². The van der Waals surface area contributed by atoms with E-state index in [1.165, 1.54) is 14.0 Å². The second-order valence-corrected chi connectivity index (χ2v) is 3.72. The molecule has 0 radical (unpaired) electrons. The first-order chi connectivity index (χ1) is 8.21. The third kappa shape index (κ3) is 3.69. The number of nitrogens with one attached hydrogen (secondary N) is 1. The second-order valence-electron chi connectivity index (χ2n) is 3.72. The van der Waals surface area contributed by atoms with Crippen LogP contribution in [-0.2, 0) is 17.5 Å². The molecule has 3 nitrogen and oxygen atoms in total. The fraction of sp³-hybridized carbons (Fsp3) is 0.364. The lowest BCUT2D eigenvalue weighted by atomic mass is 10.1. The SMILES string of the molecule is CC(=O)N(C)NCc1ccc(C(F)(F)F)c(F)c1. The lowest BCUT2D eigenvalue weighted by molar-refractivity contribution is -0.140. The maximum Gasteiger partial charge on any atom is 0.419 e. The molecule has 0 saturated heterocycles. The van der Waals surface area contributed by atoms with E-state index < -0.39 is 17.6 Å². The molecule has 1 aromatic carbocycles. The molecular formula is C11H12F4N2O. The van der Waals surface area contributed by atoms with Gasteiger partial charge in [-0.3, -0.25) is 9.80 Å². The van der Waals surface area contributed by atoms with Gasteiger partial charge in [0.05, 0.1) is 5.56 Å². The highest BCUT2D eigenvalue weighted by Gasteiger charge is 2.33. The van der Waals surface area contributed by atoms with Crippen molar-refractivity contribution in [3.63, 3.8) is 0 Å². The Balaban J connectivity index is 2.77. The number of hydrazine groups is 1. The van der Waals surface area contributed by atoms with Crippen LogP contribution in [-0.4, -0.2) is 18.0 Å². The molecule has 0 unspecified atom stereocenters. The summed E-state index contributed by atoms with van der Waals surface area (Å²) in [6, 6.07) is 2.64. The summed E-state index contributed by atoms with van der Waals surface area (Å²) in [7, 11) is 1.46. The van der Waals surface area contributed by atoms with Gasteiger partial charge in [0.1, 0.15) is 5.82 Å². The summed E-state index contributed by atoms with van der Waals surface area (Å²) in [5.74, 6) is -1.59. The lowest BCUT2D eigenvalue weighted by Gasteiger charge is -2.16. The van der Waals surface area contributed by atoms with Crippen LogP contribution in [0.25, 0.3) is 0 Å². The van der Waals surface area contributed by atoms with Crippen molar-refractivity contribution in [1.29, 1.82) is 0 Å². The number of halogens is 4. The van der Waals surface area contributed by atoms with E-state index in [-0.39, 0.29) is 12.5 Å². The molecular weight excluding hydrogens is 252 g/mol. The summed E-state index contributed by atoms with van der Waals surface area (Å²) in [5.41, 5.74) is 1.63. The van der Waals surface area contributed by atoms with Crippen molar-refractivity contribution in [3.05, 3.63) is 35.1 Å². The highest BCUT2D eigenvalue weighted by Crippen LogP contribution is 2.31. The first-order valence-electron chi connectivity index (χ1n) is 5.05. The van der Waals surface area contributed by atoms with Crippen LogP contribution in [0, 0.1) is 5.82 Å². The van der Waals surface area contributed by atoms with Crippen LogP contribution in [0.15, 0.2) is 18.2 Å². The molecule has 0 aliphatic rings. The van der Waals surface area contributed by atoms with Crippen molar-refractivity contribution in [2.45, 2.75) is 19.6 Å². The van der Waals surface area contributed by atoms with Crippen molar-refractivity contribution in [3.8, 4) is 0 Å². The van der Waals surface area contributed by atoms with Gasteiger partial charge >= 0.3 is 6.18 Å². The highest BCUT2D eigenvalue weighted by molar-refractivity contribution is 5.72. The zero-order valence-electron chi connectivity index (χ0n) is 9.81. The van der Waals surface area contributed by atoms with Crippen LogP contribution < -0.4 is 5.43 Å². The maximum atomic E-state index is 13.2. The number of alkyl halides is 3. The summed E-state index contributed by atoms with van der Waals surface area (Å²) in [6.07, 6.45) is -4.70. The Morgan fingerprint density at radius 2 is 2.00 bits per heavy atom. The molecule has 1 N–H and O–H groups in total. The predicted molar refractivity (Wildman–Crippen MR) is 56.7 cm³/mol. The van der Waals surface area contributed by atoms with Crippen LogP contribution in [0.3, 0.4) is 0 Å². The minimum atomic E-state index is -4.70. The first-order valence-corrected chi connectivity index (χ1v) is 5.05. The molecule has 18 heavy (non-hydrogen) atoms. The molecule has 1 amide bonds. The van der Waals surface area contributed by atoms with Crippen molar-refractivity contribution >= 4 is 5.91 Å². The monoisotopic (exact) mass is 264 g/mol. The summed E-state index contributed by atoms with van der Waals surface area (Å²) in [4.78, 5) is 10.9. The predicted octanol–water partition coefficient (Wildman–Crippen LogP) is 2.33. The molecule has 0 fully saturated rings. The minimum Gasteiger partial charge on any atom is -0.281 e. The summed E-state index contributed by atoms with van der Waals surface area (Å²) in [5, 5.41) is 1.16. The Hall–Kier alpha value is -1.63. The van der Waals surface area contributed by atoms with E-state index in [9.17, 15) is 22.4 Å². The number of hydrogen-bond acceptors (Lipinski definition) is 2. The van der Waals surface area contributed by atoms with Gasteiger partial charge < -0.3 is 0 Å². The fourth-order valence-corrected chi connectivity index (χ4v) is 1.22. The Bertz CT molecular complexity index is 445. The number of benzene rings is 1. The quantitative estimate of drug-likeness (QED) is 0.671. The van der Waals surface area contributed by atoms with Crippen molar-refractivity contribution < 1.29 is 22.4 Å². The average molecular weight is 264 g/mol. The smallest absolute Gasteiger partial charge is 0.281 e. The Labute approximate surface area is 101 Å².